The molecule has 39 heavy (non-hydrogen) atoms. The molecule has 0 saturated carbocycles. The maximum Gasteiger partial charge on any atom is 0.273 e. The number of aryl methyl sites for hydroxylation is 2. The minimum absolute atomic E-state index is 0.131. The Kier molecular flexibility index (Phi) is 7.59. The summed E-state index contributed by atoms with van der Waals surface area (Å²) in [5.74, 6) is 1.61. The number of aromatic nitrogens is 2. The first-order valence-electron chi connectivity index (χ1n) is 13.5. The number of nitrogens with one attached hydrogen (secondary N) is 1. The number of aromatic amines is 1. The zero-order valence-electron chi connectivity index (χ0n) is 23.0. The molecule has 2 heterocycles. The molecule has 1 unspecified atom stereocenters. The highest BCUT2D eigenvalue weighted by Crippen LogP contribution is 2.46. The van der Waals surface area contributed by atoms with Crippen LogP contribution in [-0.2, 0) is 6.54 Å². The lowest BCUT2D eigenvalue weighted by Crippen LogP contribution is -2.29. The van der Waals surface area contributed by atoms with Gasteiger partial charge in [-0.15, -0.1) is 0 Å². The predicted octanol–water partition coefficient (Wildman–Crippen LogP) is 6.72. The summed E-state index contributed by atoms with van der Waals surface area (Å²) in [6, 6.07) is 19.2. The number of unbranched alkanes of at least 4 members (excludes halogenated alkanes) is 2. The van der Waals surface area contributed by atoms with Crippen molar-refractivity contribution < 1.29 is 19.4 Å². The van der Waals surface area contributed by atoms with Crippen LogP contribution in [0.15, 0.2) is 60.7 Å². The maximum absolute atomic E-state index is 13.8. The number of hydrogen-bond donors (Lipinski definition) is 2. The van der Waals surface area contributed by atoms with Gasteiger partial charge in [-0.3, -0.25) is 9.89 Å². The zero-order chi connectivity index (χ0) is 27.5. The summed E-state index contributed by atoms with van der Waals surface area (Å²) >= 11 is 0. The normalized spacial score (nSPS) is 14.5. The van der Waals surface area contributed by atoms with E-state index in [1.807, 2.05) is 79.4 Å². The van der Waals surface area contributed by atoms with E-state index in [0.29, 0.717) is 30.1 Å². The Balaban J connectivity index is 1.55. The first kappa shape index (κ1) is 26.4. The van der Waals surface area contributed by atoms with Crippen molar-refractivity contribution in [1.82, 2.24) is 15.1 Å². The molecule has 0 spiro atoms. The standard InChI is InChI=1S/C32H35N3O4/c1-5-6-7-16-39-25-14-10-23(11-15-25)30-27-28(26-18-20(2)17-21(3)31(26)36)33-34-29(27)32(37)35(30)19-22-8-12-24(38-4)13-9-22/h8-15,17-18,30,36H,5-7,16,19H2,1-4H3,(H,33,34). The van der Waals surface area contributed by atoms with Crippen molar-refractivity contribution in [2.45, 2.75) is 52.6 Å². The van der Waals surface area contributed by atoms with E-state index in [0.717, 1.165) is 58.6 Å². The van der Waals surface area contributed by atoms with Crippen molar-refractivity contribution in [2.75, 3.05) is 13.7 Å². The number of aromatic hydroxyl groups is 1. The van der Waals surface area contributed by atoms with Crippen LogP contribution in [0.1, 0.15) is 70.5 Å². The molecule has 1 amide bonds. The third-order valence-corrected chi connectivity index (χ3v) is 7.29. The topological polar surface area (TPSA) is 87.7 Å². The Morgan fingerprint density at radius 1 is 1.00 bits per heavy atom. The van der Waals surface area contributed by atoms with Crippen LogP contribution in [0.2, 0.25) is 0 Å². The van der Waals surface area contributed by atoms with Gasteiger partial charge < -0.3 is 19.5 Å². The van der Waals surface area contributed by atoms with Gasteiger partial charge in [0.15, 0.2) is 0 Å². The molecule has 1 aromatic heterocycles. The number of carbonyl (C=O) groups is 1. The molecule has 202 valence electrons. The molecule has 7 nitrogen and oxygen atoms in total. The Hall–Kier alpha value is -4.26. The third-order valence-electron chi connectivity index (χ3n) is 7.29. The van der Waals surface area contributed by atoms with Crippen LogP contribution in [0.5, 0.6) is 17.2 Å². The summed E-state index contributed by atoms with van der Waals surface area (Å²) in [4.78, 5) is 15.6. The van der Waals surface area contributed by atoms with E-state index in [1.54, 1.807) is 7.11 Å². The van der Waals surface area contributed by atoms with Gasteiger partial charge >= 0.3 is 0 Å². The molecule has 5 rings (SSSR count). The minimum atomic E-state index is -0.391. The zero-order valence-corrected chi connectivity index (χ0v) is 23.0. The van der Waals surface area contributed by atoms with Gasteiger partial charge in [-0.05, 0) is 72.9 Å². The van der Waals surface area contributed by atoms with Crippen LogP contribution in [0.3, 0.4) is 0 Å². The summed E-state index contributed by atoms with van der Waals surface area (Å²) in [7, 11) is 1.63. The number of benzene rings is 3. The molecule has 0 radical (unpaired) electrons. The van der Waals surface area contributed by atoms with Gasteiger partial charge in [0.25, 0.3) is 5.91 Å². The third kappa shape index (κ3) is 5.21. The first-order valence-corrected chi connectivity index (χ1v) is 13.5. The lowest BCUT2D eigenvalue weighted by atomic mass is 9.94. The number of phenolic OH excluding ortho intramolecular Hbond substituents is 1. The molecule has 0 aliphatic carbocycles. The lowest BCUT2D eigenvalue weighted by Gasteiger charge is -2.27. The van der Waals surface area contributed by atoms with Gasteiger partial charge in [0.2, 0.25) is 0 Å². The van der Waals surface area contributed by atoms with E-state index in [9.17, 15) is 9.90 Å². The summed E-state index contributed by atoms with van der Waals surface area (Å²) in [5, 5.41) is 18.5. The number of amides is 1. The summed E-state index contributed by atoms with van der Waals surface area (Å²) in [5.41, 5.74) is 6.13. The second kappa shape index (κ2) is 11.2. The Morgan fingerprint density at radius 2 is 1.72 bits per heavy atom. The SMILES string of the molecule is CCCCCOc1ccc(C2c3c(-c4cc(C)cc(C)c4O)n[nH]c3C(=O)N2Cc2ccc(OC)cc2)cc1. The van der Waals surface area contributed by atoms with E-state index < -0.39 is 6.04 Å². The van der Waals surface area contributed by atoms with Crippen LogP contribution in [-0.4, -0.2) is 39.8 Å². The number of methoxy groups -OCH3 is 1. The van der Waals surface area contributed by atoms with Gasteiger partial charge in [0, 0.05) is 17.7 Å². The van der Waals surface area contributed by atoms with Crippen LogP contribution >= 0.6 is 0 Å². The van der Waals surface area contributed by atoms with Crippen molar-refractivity contribution in [2.24, 2.45) is 0 Å². The van der Waals surface area contributed by atoms with Crippen molar-refractivity contribution in [3.8, 4) is 28.5 Å². The summed E-state index contributed by atoms with van der Waals surface area (Å²) in [6.07, 6.45) is 3.31. The first-order chi connectivity index (χ1) is 18.9. The average molecular weight is 526 g/mol. The quantitative estimate of drug-likeness (QED) is 0.224. The molecule has 1 aliphatic rings. The second-order valence-electron chi connectivity index (χ2n) is 10.1. The van der Waals surface area contributed by atoms with Gasteiger partial charge in [-0.1, -0.05) is 50.1 Å². The number of rotatable bonds is 10. The van der Waals surface area contributed by atoms with Crippen molar-refractivity contribution in [1.29, 1.82) is 0 Å². The number of fused-ring (bicyclic) bond motifs is 1. The highest BCUT2D eigenvalue weighted by atomic mass is 16.5. The Labute approximate surface area is 229 Å². The largest absolute Gasteiger partial charge is 0.507 e. The fourth-order valence-corrected chi connectivity index (χ4v) is 5.27. The summed E-state index contributed by atoms with van der Waals surface area (Å²) in [6.45, 7) is 7.12. The fourth-order valence-electron chi connectivity index (χ4n) is 5.27. The van der Waals surface area contributed by atoms with Crippen LogP contribution < -0.4 is 9.47 Å². The molecule has 7 heteroatoms. The molecule has 4 aromatic rings. The number of hydrogen-bond acceptors (Lipinski definition) is 5. The Morgan fingerprint density at radius 3 is 2.41 bits per heavy atom. The number of ether oxygens (including phenoxy) is 2. The lowest BCUT2D eigenvalue weighted by molar-refractivity contribution is 0.0730. The molecule has 0 saturated heterocycles. The van der Waals surface area contributed by atoms with Crippen LogP contribution in [0.4, 0.5) is 0 Å². The minimum Gasteiger partial charge on any atom is -0.507 e. The predicted molar refractivity (Wildman–Crippen MR) is 151 cm³/mol. The molecular formula is C32H35N3O4. The number of phenols is 1. The van der Waals surface area contributed by atoms with Crippen molar-refractivity contribution in [3.05, 3.63) is 94.2 Å². The number of H-pyrrole nitrogens is 1. The average Bonchev–Trinajstić information content (AvgIpc) is 3.48. The Bertz CT molecular complexity index is 1460. The molecule has 1 atom stereocenters. The molecule has 3 aromatic carbocycles. The number of carbonyl (C=O) groups excluding carboxylic acids is 1. The molecule has 1 aliphatic heterocycles. The molecule has 0 bridgehead atoms. The van der Waals surface area contributed by atoms with Crippen molar-refractivity contribution >= 4 is 5.91 Å². The maximum atomic E-state index is 13.8. The molecule has 0 fully saturated rings. The van der Waals surface area contributed by atoms with Crippen LogP contribution in [0, 0.1) is 13.8 Å². The van der Waals surface area contributed by atoms with Gasteiger partial charge in [-0.25, -0.2) is 0 Å². The second-order valence-corrected chi connectivity index (χ2v) is 10.1. The highest BCUT2D eigenvalue weighted by Gasteiger charge is 2.42. The van der Waals surface area contributed by atoms with Crippen molar-refractivity contribution in [3.63, 3.8) is 0 Å². The van der Waals surface area contributed by atoms with E-state index in [-0.39, 0.29) is 11.7 Å². The van der Waals surface area contributed by atoms with Crippen LogP contribution in [0.25, 0.3) is 11.3 Å². The van der Waals surface area contributed by atoms with Gasteiger partial charge in [0.05, 0.1) is 19.8 Å². The number of nitrogens with zero attached hydrogens (tertiary/aromatic N) is 2. The van der Waals surface area contributed by atoms with E-state index in [4.69, 9.17) is 9.47 Å². The van der Waals surface area contributed by atoms with E-state index >= 15 is 0 Å². The monoisotopic (exact) mass is 525 g/mol. The highest BCUT2D eigenvalue weighted by molar-refractivity contribution is 6.00. The van der Waals surface area contributed by atoms with E-state index in [2.05, 4.69) is 17.1 Å². The molecular weight excluding hydrogens is 490 g/mol. The summed E-state index contributed by atoms with van der Waals surface area (Å²) < 4.78 is 11.2. The van der Waals surface area contributed by atoms with E-state index in [1.165, 1.54) is 0 Å². The van der Waals surface area contributed by atoms with Gasteiger partial charge in [0.1, 0.15) is 28.6 Å². The molecule has 2 N–H and O–H groups in total. The fraction of sp³-hybridized carbons (Fsp3) is 0.312. The smallest absolute Gasteiger partial charge is 0.273 e. The van der Waals surface area contributed by atoms with Gasteiger partial charge in [-0.2, -0.15) is 5.10 Å².